The number of halogens is 2. The predicted molar refractivity (Wildman–Crippen MR) is 83.9 cm³/mol. The van der Waals surface area contributed by atoms with E-state index in [2.05, 4.69) is 0 Å². The lowest BCUT2D eigenvalue weighted by Gasteiger charge is -2.32. The molecule has 0 aliphatic carbocycles. The van der Waals surface area contributed by atoms with Crippen molar-refractivity contribution in [2.24, 2.45) is 5.73 Å². The van der Waals surface area contributed by atoms with Crippen LogP contribution in [0.3, 0.4) is 0 Å². The number of hydrogen-bond acceptors (Lipinski definition) is 3. The van der Waals surface area contributed by atoms with E-state index < -0.39 is 11.6 Å². The molecule has 1 aliphatic heterocycles. The van der Waals surface area contributed by atoms with Crippen molar-refractivity contribution in [2.75, 3.05) is 26.2 Å². The van der Waals surface area contributed by atoms with Crippen LogP contribution in [0, 0.1) is 11.6 Å². The zero-order valence-corrected chi connectivity index (χ0v) is 13.3. The van der Waals surface area contributed by atoms with Crippen molar-refractivity contribution in [1.29, 1.82) is 0 Å². The molecule has 0 saturated carbocycles. The largest absolute Gasteiger partial charge is 0.378 e. The molecule has 1 aromatic carbocycles. The Morgan fingerprint density at radius 1 is 1.30 bits per heavy atom. The van der Waals surface area contributed by atoms with Gasteiger partial charge in [0, 0.05) is 26.1 Å². The van der Waals surface area contributed by atoms with Crippen molar-refractivity contribution in [3.63, 3.8) is 0 Å². The van der Waals surface area contributed by atoms with Crippen LogP contribution in [0.15, 0.2) is 18.2 Å². The lowest BCUT2D eigenvalue weighted by molar-refractivity contribution is -0.133. The van der Waals surface area contributed by atoms with Gasteiger partial charge in [-0.05, 0) is 56.0 Å². The van der Waals surface area contributed by atoms with Crippen LogP contribution >= 0.6 is 0 Å². The Kier molecular flexibility index (Phi) is 6.92. The first kappa shape index (κ1) is 17.8. The predicted octanol–water partition coefficient (Wildman–Crippen LogP) is 2.25. The van der Waals surface area contributed by atoms with Gasteiger partial charge in [0.2, 0.25) is 5.91 Å². The number of piperidine rings is 1. The third kappa shape index (κ3) is 5.55. The highest BCUT2D eigenvalue weighted by molar-refractivity contribution is 5.76. The van der Waals surface area contributed by atoms with E-state index in [0.29, 0.717) is 26.2 Å². The van der Waals surface area contributed by atoms with E-state index >= 15 is 0 Å². The van der Waals surface area contributed by atoms with Gasteiger partial charge in [0.15, 0.2) is 0 Å². The molecule has 0 spiro atoms. The first-order chi connectivity index (χ1) is 11.1. The van der Waals surface area contributed by atoms with Crippen LogP contribution in [-0.4, -0.2) is 43.2 Å². The molecule has 4 nitrogen and oxygen atoms in total. The Morgan fingerprint density at radius 2 is 2.04 bits per heavy atom. The Morgan fingerprint density at radius 3 is 2.74 bits per heavy atom. The Bertz CT molecular complexity index is 517. The summed E-state index contributed by atoms with van der Waals surface area (Å²) in [5.41, 5.74) is 5.67. The SMILES string of the molecule is NCCCOC1CCN(C(=O)CCc2cc(F)ccc2F)CC1. The summed E-state index contributed by atoms with van der Waals surface area (Å²) in [6.45, 7) is 2.58. The second-order valence-corrected chi connectivity index (χ2v) is 5.83. The molecule has 1 heterocycles. The van der Waals surface area contributed by atoms with Crippen LogP contribution in [0.2, 0.25) is 0 Å². The highest BCUT2D eigenvalue weighted by atomic mass is 19.1. The van der Waals surface area contributed by atoms with Crippen molar-refractivity contribution in [3.05, 3.63) is 35.4 Å². The molecular formula is C17H24F2N2O2. The second kappa shape index (κ2) is 8.93. The molecule has 0 unspecified atom stereocenters. The third-order valence-corrected chi connectivity index (χ3v) is 4.11. The lowest BCUT2D eigenvalue weighted by atomic mass is 10.1. The molecule has 1 saturated heterocycles. The Balaban J connectivity index is 1.74. The average molecular weight is 326 g/mol. The molecule has 1 amide bonds. The number of hydrogen-bond donors (Lipinski definition) is 1. The molecule has 1 fully saturated rings. The van der Waals surface area contributed by atoms with Crippen molar-refractivity contribution in [1.82, 2.24) is 4.90 Å². The minimum atomic E-state index is -0.482. The number of nitrogens with zero attached hydrogens (tertiary/aromatic N) is 1. The van der Waals surface area contributed by atoms with E-state index in [9.17, 15) is 13.6 Å². The fourth-order valence-corrected chi connectivity index (χ4v) is 2.74. The quantitative estimate of drug-likeness (QED) is 0.782. The van der Waals surface area contributed by atoms with Crippen LogP contribution < -0.4 is 5.73 Å². The summed E-state index contributed by atoms with van der Waals surface area (Å²) in [4.78, 5) is 14.0. The maximum atomic E-state index is 13.5. The molecule has 128 valence electrons. The van der Waals surface area contributed by atoms with E-state index in [4.69, 9.17) is 10.5 Å². The van der Waals surface area contributed by atoms with Gasteiger partial charge in [0.1, 0.15) is 11.6 Å². The number of aryl methyl sites for hydroxylation is 1. The fourth-order valence-electron chi connectivity index (χ4n) is 2.74. The number of ether oxygens (including phenoxy) is 1. The van der Waals surface area contributed by atoms with E-state index in [1.807, 2.05) is 0 Å². The number of nitrogens with two attached hydrogens (primary N) is 1. The van der Waals surface area contributed by atoms with Crippen LogP contribution in [0.1, 0.15) is 31.2 Å². The molecule has 0 bridgehead atoms. The standard InChI is InChI=1S/C17H24F2N2O2/c18-14-3-4-16(19)13(12-14)2-5-17(22)21-9-6-15(7-10-21)23-11-1-8-20/h3-4,12,15H,1-2,5-11,20H2. The van der Waals surface area contributed by atoms with Gasteiger partial charge in [-0.25, -0.2) is 8.78 Å². The molecule has 1 aromatic rings. The summed E-state index contributed by atoms with van der Waals surface area (Å²) in [6.07, 6.45) is 3.06. The average Bonchev–Trinajstić information content (AvgIpc) is 2.56. The summed E-state index contributed by atoms with van der Waals surface area (Å²) in [7, 11) is 0. The minimum Gasteiger partial charge on any atom is -0.378 e. The number of likely N-dealkylation sites (tertiary alicyclic amines) is 1. The number of carbonyl (C=O) groups is 1. The van der Waals surface area contributed by atoms with Crippen LogP contribution in [-0.2, 0) is 16.0 Å². The number of benzene rings is 1. The summed E-state index contributed by atoms with van der Waals surface area (Å²) >= 11 is 0. The maximum absolute atomic E-state index is 13.5. The molecule has 0 aromatic heterocycles. The van der Waals surface area contributed by atoms with Crippen molar-refractivity contribution in [3.8, 4) is 0 Å². The molecule has 6 heteroatoms. The van der Waals surface area contributed by atoms with Gasteiger partial charge < -0.3 is 15.4 Å². The molecule has 23 heavy (non-hydrogen) atoms. The van der Waals surface area contributed by atoms with Crippen LogP contribution in [0.25, 0.3) is 0 Å². The van der Waals surface area contributed by atoms with Gasteiger partial charge in [0.25, 0.3) is 0 Å². The van der Waals surface area contributed by atoms with E-state index in [1.54, 1.807) is 4.90 Å². The van der Waals surface area contributed by atoms with Gasteiger partial charge in [-0.2, -0.15) is 0 Å². The van der Waals surface area contributed by atoms with Gasteiger partial charge in [-0.1, -0.05) is 0 Å². The highest BCUT2D eigenvalue weighted by Gasteiger charge is 2.23. The first-order valence-corrected chi connectivity index (χ1v) is 8.13. The van der Waals surface area contributed by atoms with E-state index in [-0.39, 0.29) is 30.4 Å². The Hall–Kier alpha value is -1.53. The zero-order chi connectivity index (χ0) is 16.7. The smallest absolute Gasteiger partial charge is 0.222 e. The van der Waals surface area contributed by atoms with Gasteiger partial charge in [-0.3, -0.25) is 4.79 Å². The molecule has 0 radical (unpaired) electrons. The number of rotatable bonds is 7. The molecule has 2 rings (SSSR count). The van der Waals surface area contributed by atoms with Crippen molar-refractivity contribution < 1.29 is 18.3 Å². The lowest BCUT2D eigenvalue weighted by Crippen LogP contribution is -2.41. The normalized spacial score (nSPS) is 15.9. The minimum absolute atomic E-state index is 0.0194. The molecule has 2 N–H and O–H groups in total. The molecular weight excluding hydrogens is 302 g/mol. The fraction of sp³-hybridized carbons (Fsp3) is 0.588. The number of carbonyl (C=O) groups excluding carboxylic acids is 1. The van der Waals surface area contributed by atoms with Gasteiger partial charge >= 0.3 is 0 Å². The van der Waals surface area contributed by atoms with Crippen LogP contribution in [0.5, 0.6) is 0 Å². The van der Waals surface area contributed by atoms with Crippen molar-refractivity contribution in [2.45, 2.75) is 38.2 Å². The second-order valence-electron chi connectivity index (χ2n) is 5.83. The first-order valence-electron chi connectivity index (χ1n) is 8.13. The molecule has 1 aliphatic rings. The van der Waals surface area contributed by atoms with Crippen molar-refractivity contribution >= 4 is 5.91 Å². The monoisotopic (exact) mass is 326 g/mol. The maximum Gasteiger partial charge on any atom is 0.222 e. The summed E-state index contributed by atoms with van der Waals surface area (Å²) in [5, 5.41) is 0. The van der Waals surface area contributed by atoms with E-state index in [1.165, 1.54) is 0 Å². The topological polar surface area (TPSA) is 55.6 Å². The van der Waals surface area contributed by atoms with Crippen LogP contribution in [0.4, 0.5) is 8.78 Å². The zero-order valence-electron chi connectivity index (χ0n) is 13.3. The summed E-state index contributed by atoms with van der Waals surface area (Å²) in [6, 6.07) is 3.33. The van der Waals surface area contributed by atoms with Gasteiger partial charge in [-0.15, -0.1) is 0 Å². The molecule has 0 atom stereocenters. The van der Waals surface area contributed by atoms with Gasteiger partial charge in [0.05, 0.1) is 6.10 Å². The highest BCUT2D eigenvalue weighted by Crippen LogP contribution is 2.17. The summed E-state index contributed by atoms with van der Waals surface area (Å²) < 4.78 is 32.4. The number of amides is 1. The third-order valence-electron chi connectivity index (χ3n) is 4.11. The van der Waals surface area contributed by atoms with E-state index in [0.717, 1.165) is 37.5 Å². The Labute approximate surface area is 135 Å². The summed E-state index contributed by atoms with van der Waals surface area (Å²) in [5.74, 6) is -0.968.